The van der Waals surface area contributed by atoms with Crippen molar-refractivity contribution < 1.29 is 14.4 Å². The van der Waals surface area contributed by atoms with E-state index in [1.165, 1.54) is 6.92 Å². The van der Waals surface area contributed by atoms with Gasteiger partial charge in [-0.15, -0.1) is 0 Å². The summed E-state index contributed by atoms with van der Waals surface area (Å²) in [6, 6.07) is 5.88. The van der Waals surface area contributed by atoms with Crippen molar-refractivity contribution in [2.45, 2.75) is 33.2 Å². The van der Waals surface area contributed by atoms with Gasteiger partial charge in [0.2, 0.25) is 17.8 Å². The number of ketones is 1. The van der Waals surface area contributed by atoms with E-state index in [4.69, 9.17) is 0 Å². The first kappa shape index (κ1) is 16.7. The van der Waals surface area contributed by atoms with E-state index < -0.39 is 6.04 Å². The van der Waals surface area contributed by atoms with Crippen molar-refractivity contribution in [3.63, 3.8) is 0 Å². The van der Waals surface area contributed by atoms with Crippen LogP contribution in [0.2, 0.25) is 0 Å². The summed E-state index contributed by atoms with van der Waals surface area (Å²) in [5, 5.41) is 6.99. The fourth-order valence-corrected chi connectivity index (χ4v) is 2.56. The third-order valence-electron chi connectivity index (χ3n) is 3.95. The van der Waals surface area contributed by atoms with Gasteiger partial charge >= 0.3 is 0 Å². The second-order valence-corrected chi connectivity index (χ2v) is 6.16. The highest BCUT2D eigenvalue weighted by Crippen LogP contribution is 2.20. The highest BCUT2D eigenvalue weighted by atomic mass is 16.2. The van der Waals surface area contributed by atoms with Gasteiger partial charge in [-0.1, -0.05) is 0 Å². The zero-order valence-corrected chi connectivity index (χ0v) is 14.2. The zero-order valence-electron chi connectivity index (χ0n) is 14.2. The predicted molar refractivity (Wildman–Crippen MR) is 92.4 cm³/mol. The van der Waals surface area contributed by atoms with Gasteiger partial charge in [0.25, 0.3) is 0 Å². The van der Waals surface area contributed by atoms with Crippen molar-refractivity contribution in [1.82, 2.24) is 15.8 Å². The summed E-state index contributed by atoms with van der Waals surface area (Å²) in [6.07, 6.45) is 0.0133. The Kier molecular flexibility index (Phi) is 4.26. The number of carbonyl (C=O) groups excluding carboxylic acids is 3. The maximum absolute atomic E-state index is 12.6. The molecule has 25 heavy (non-hydrogen) atoms. The molecule has 0 unspecified atom stereocenters. The molecule has 1 saturated heterocycles. The molecule has 8 nitrogen and oxygen atoms in total. The number of anilines is 1. The third-order valence-corrected chi connectivity index (χ3v) is 3.95. The van der Waals surface area contributed by atoms with Crippen LogP contribution in [-0.2, 0) is 9.59 Å². The van der Waals surface area contributed by atoms with Crippen LogP contribution in [0.1, 0.15) is 37.6 Å². The first-order valence-corrected chi connectivity index (χ1v) is 7.89. The zero-order chi connectivity index (χ0) is 18.1. The van der Waals surface area contributed by atoms with Gasteiger partial charge in [-0.25, -0.2) is 5.01 Å². The molecule has 3 N–H and O–H groups in total. The summed E-state index contributed by atoms with van der Waals surface area (Å²) in [4.78, 5) is 40.1. The lowest BCUT2D eigenvalue weighted by Gasteiger charge is -2.32. The molecule has 1 fully saturated rings. The van der Waals surface area contributed by atoms with E-state index in [0.717, 1.165) is 5.57 Å². The fourth-order valence-electron chi connectivity index (χ4n) is 2.56. The van der Waals surface area contributed by atoms with E-state index in [9.17, 15) is 14.4 Å². The number of guanidine groups is 1. The summed E-state index contributed by atoms with van der Waals surface area (Å²) < 4.78 is 0. The first-order chi connectivity index (χ1) is 11.8. The minimum absolute atomic E-state index is 0.0133. The van der Waals surface area contributed by atoms with Gasteiger partial charge in [-0.2, -0.15) is 4.99 Å². The molecule has 0 saturated carbocycles. The number of rotatable bonds is 3. The number of nitrogens with one attached hydrogen (secondary N) is 3. The van der Waals surface area contributed by atoms with Crippen LogP contribution in [0.3, 0.4) is 0 Å². The van der Waals surface area contributed by atoms with Gasteiger partial charge in [0.15, 0.2) is 5.78 Å². The summed E-state index contributed by atoms with van der Waals surface area (Å²) in [7, 11) is 0. The van der Waals surface area contributed by atoms with Crippen LogP contribution in [0, 0.1) is 0 Å². The molecular formula is C17H19N5O3. The largest absolute Gasteiger partial charge is 0.324 e. The van der Waals surface area contributed by atoms with Crippen molar-refractivity contribution in [2.24, 2.45) is 4.99 Å². The van der Waals surface area contributed by atoms with Crippen molar-refractivity contribution in [3.05, 3.63) is 41.2 Å². The molecule has 0 aliphatic carbocycles. The fraction of sp³-hybridized carbons (Fsp3) is 0.294. The predicted octanol–water partition coefficient (Wildman–Crippen LogP) is 1.14. The number of fused-ring (bicyclic) bond motifs is 1. The lowest BCUT2D eigenvalue weighted by atomic mass is 10.1. The average Bonchev–Trinajstić information content (AvgIpc) is 2.98. The third kappa shape index (κ3) is 3.37. The van der Waals surface area contributed by atoms with Crippen molar-refractivity contribution in [3.8, 4) is 0 Å². The van der Waals surface area contributed by atoms with Gasteiger partial charge in [0, 0.05) is 11.3 Å². The van der Waals surface area contributed by atoms with Gasteiger partial charge in [0.05, 0.1) is 6.42 Å². The molecule has 8 heteroatoms. The Balaban J connectivity index is 1.77. The highest BCUT2D eigenvalue weighted by Gasteiger charge is 2.39. The standard InChI is InChI=1S/C17H19N5O3/c1-9(2)15-20-17-19-14(24)8-13(22(17)21-15)16(25)18-12-6-4-11(5-7-12)10(3)23/h4-7,13,21H,8H2,1-3H3,(H,18,25)(H,19,20,24)/t13-/m1/s1. The molecule has 1 atom stereocenters. The van der Waals surface area contributed by atoms with E-state index >= 15 is 0 Å². The molecule has 2 heterocycles. The van der Waals surface area contributed by atoms with E-state index in [-0.39, 0.29) is 24.0 Å². The Labute approximate surface area is 145 Å². The number of amides is 2. The molecule has 2 aliphatic heterocycles. The van der Waals surface area contributed by atoms with Crippen LogP contribution in [0.4, 0.5) is 5.69 Å². The SMILES string of the molecule is CC(=O)c1ccc(NC(=O)[C@H]2CC(=O)NC3=NC(=C(C)C)NN32)cc1. The van der Waals surface area contributed by atoms with Crippen LogP contribution in [-0.4, -0.2) is 34.6 Å². The first-order valence-electron chi connectivity index (χ1n) is 7.89. The van der Waals surface area contributed by atoms with Gasteiger partial charge in [-0.3, -0.25) is 25.1 Å². The Bertz CT molecular complexity index is 806. The molecule has 3 rings (SSSR count). The van der Waals surface area contributed by atoms with E-state index in [2.05, 4.69) is 21.1 Å². The molecule has 0 radical (unpaired) electrons. The quantitative estimate of drug-likeness (QED) is 0.716. The van der Waals surface area contributed by atoms with E-state index in [1.54, 1.807) is 29.3 Å². The molecule has 1 aromatic carbocycles. The van der Waals surface area contributed by atoms with Crippen molar-refractivity contribution in [1.29, 1.82) is 0 Å². The summed E-state index contributed by atoms with van der Waals surface area (Å²) in [5.41, 5.74) is 5.11. The number of allylic oxidation sites excluding steroid dienone is 1. The molecular weight excluding hydrogens is 322 g/mol. The Morgan fingerprint density at radius 2 is 1.88 bits per heavy atom. The summed E-state index contributed by atoms with van der Waals surface area (Å²) in [6.45, 7) is 5.26. The number of hydrogen-bond donors (Lipinski definition) is 3. The average molecular weight is 341 g/mol. The second-order valence-electron chi connectivity index (χ2n) is 6.16. The number of hydrogen-bond acceptors (Lipinski definition) is 6. The lowest BCUT2D eigenvalue weighted by Crippen LogP contribution is -2.61. The number of hydrazine groups is 1. The smallest absolute Gasteiger partial charge is 0.249 e. The number of carbonyl (C=O) groups is 3. The maximum atomic E-state index is 12.6. The summed E-state index contributed by atoms with van der Waals surface area (Å²) in [5.74, 6) is 0.290. The van der Waals surface area contributed by atoms with Gasteiger partial charge in [0.1, 0.15) is 11.9 Å². The number of Topliss-reactive ketones (excluding diaryl/α,β-unsaturated/α-hetero) is 1. The van der Waals surface area contributed by atoms with E-state index in [1.807, 2.05) is 13.8 Å². The normalized spacial score (nSPS) is 18.8. The highest BCUT2D eigenvalue weighted by molar-refractivity contribution is 6.07. The number of benzene rings is 1. The van der Waals surface area contributed by atoms with Gasteiger partial charge < -0.3 is 5.32 Å². The summed E-state index contributed by atoms with van der Waals surface area (Å²) >= 11 is 0. The van der Waals surface area contributed by atoms with Crippen LogP contribution in [0.25, 0.3) is 0 Å². The topological polar surface area (TPSA) is 103 Å². The maximum Gasteiger partial charge on any atom is 0.249 e. The van der Waals surface area contributed by atoms with Crippen LogP contribution < -0.4 is 16.1 Å². The Morgan fingerprint density at radius 3 is 2.48 bits per heavy atom. The second kappa shape index (κ2) is 6.39. The van der Waals surface area contributed by atoms with Crippen molar-refractivity contribution in [2.75, 3.05) is 5.32 Å². The number of nitrogens with zero attached hydrogens (tertiary/aromatic N) is 2. The van der Waals surface area contributed by atoms with Crippen LogP contribution in [0.5, 0.6) is 0 Å². The van der Waals surface area contributed by atoms with Gasteiger partial charge in [-0.05, 0) is 50.6 Å². The molecule has 2 amide bonds. The minimum atomic E-state index is -0.725. The molecule has 0 bridgehead atoms. The molecule has 0 spiro atoms. The monoisotopic (exact) mass is 341 g/mol. The molecule has 0 aromatic heterocycles. The van der Waals surface area contributed by atoms with E-state index in [0.29, 0.717) is 23.0 Å². The van der Waals surface area contributed by atoms with Crippen molar-refractivity contribution >= 4 is 29.2 Å². The molecule has 130 valence electrons. The Hall–Kier alpha value is -3.16. The van der Waals surface area contributed by atoms with Crippen LogP contribution in [0.15, 0.2) is 40.7 Å². The minimum Gasteiger partial charge on any atom is -0.324 e. The number of aliphatic imine (C=N–C) groups is 1. The molecule has 2 aliphatic rings. The Morgan fingerprint density at radius 1 is 1.20 bits per heavy atom. The lowest BCUT2D eigenvalue weighted by molar-refractivity contribution is -0.129. The van der Waals surface area contributed by atoms with Crippen LogP contribution >= 0.6 is 0 Å². The molecule has 1 aromatic rings.